The molecule has 2 saturated carbocycles. The smallest absolute Gasteiger partial charge is 0.0151 e. The first-order valence-corrected chi connectivity index (χ1v) is 5.29. The molecule has 12 heavy (non-hydrogen) atoms. The van der Waals surface area contributed by atoms with Crippen molar-refractivity contribution in [2.45, 2.75) is 40.0 Å². The van der Waals surface area contributed by atoms with Crippen molar-refractivity contribution in [2.24, 2.45) is 23.2 Å². The summed E-state index contributed by atoms with van der Waals surface area (Å²) in [4.78, 5) is 0. The van der Waals surface area contributed by atoms with E-state index in [1.54, 1.807) is 0 Å². The standard InChI is InChI=1S/C12H20/c1-4-5-11-9-6-7-10(8-9)12(11,2)3/h4-5,9-11H,6-8H2,1-3H3/b5-4+. The average Bonchev–Trinajstić information content (AvgIpc) is 2.53. The Morgan fingerprint density at radius 3 is 2.50 bits per heavy atom. The van der Waals surface area contributed by atoms with E-state index in [1.807, 2.05) is 0 Å². The third-order valence-electron chi connectivity index (χ3n) is 4.29. The molecule has 0 heterocycles. The molecular weight excluding hydrogens is 144 g/mol. The van der Waals surface area contributed by atoms with E-state index in [-0.39, 0.29) is 0 Å². The third kappa shape index (κ3) is 0.967. The second-order valence-electron chi connectivity index (χ2n) is 5.14. The highest BCUT2D eigenvalue weighted by atomic mass is 14.6. The van der Waals surface area contributed by atoms with Crippen LogP contribution < -0.4 is 0 Å². The van der Waals surface area contributed by atoms with E-state index in [1.165, 1.54) is 19.3 Å². The largest absolute Gasteiger partial charge is 0.0914 e. The molecule has 0 amide bonds. The van der Waals surface area contributed by atoms with Crippen LogP contribution in [0, 0.1) is 23.2 Å². The Labute approximate surface area is 76.1 Å². The molecule has 0 radical (unpaired) electrons. The van der Waals surface area contributed by atoms with Gasteiger partial charge >= 0.3 is 0 Å². The van der Waals surface area contributed by atoms with Crippen molar-refractivity contribution < 1.29 is 0 Å². The van der Waals surface area contributed by atoms with E-state index >= 15 is 0 Å². The molecule has 0 nitrogen and oxygen atoms in total. The van der Waals surface area contributed by atoms with Gasteiger partial charge in [-0.05, 0) is 49.4 Å². The molecule has 2 bridgehead atoms. The van der Waals surface area contributed by atoms with E-state index in [0.29, 0.717) is 5.41 Å². The molecule has 3 atom stereocenters. The fourth-order valence-corrected chi connectivity index (χ4v) is 3.51. The predicted molar refractivity (Wildman–Crippen MR) is 52.9 cm³/mol. The normalized spacial score (nSPS) is 44.4. The average molecular weight is 164 g/mol. The molecule has 0 saturated heterocycles. The maximum atomic E-state index is 2.46. The van der Waals surface area contributed by atoms with Gasteiger partial charge in [0.05, 0.1) is 0 Å². The fraction of sp³-hybridized carbons (Fsp3) is 0.833. The topological polar surface area (TPSA) is 0 Å². The molecular formula is C12H20. The molecule has 2 fully saturated rings. The Kier molecular flexibility index (Phi) is 1.82. The number of rotatable bonds is 1. The minimum absolute atomic E-state index is 0.593. The van der Waals surface area contributed by atoms with Crippen molar-refractivity contribution in [3.63, 3.8) is 0 Å². The molecule has 68 valence electrons. The quantitative estimate of drug-likeness (QED) is 0.519. The highest BCUT2D eigenvalue weighted by molar-refractivity contribution is 5.08. The van der Waals surface area contributed by atoms with Crippen molar-refractivity contribution in [1.82, 2.24) is 0 Å². The zero-order valence-corrected chi connectivity index (χ0v) is 8.51. The molecule has 3 unspecified atom stereocenters. The zero-order chi connectivity index (χ0) is 8.77. The van der Waals surface area contributed by atoms with Crippen LogP contribution in [0.5, 0.6) is 0 Å². The van der Waals surface area contributed by atoms with Crippen LogP contribution in [0.2, 0.25) is 0 Å². The van der Waals surface area contributed by atoms with E-state index in [4.69, 9.17) is 0 Å². The van der Waals surface area contributed by atoms with Gasteiger partial charge in [0, 0.05) is 0 Å². The van der Waals surface area contributed by atoms with Gasteiger partial charge in [-0.1, -0.05) is 26.0 Å². The van der Waals surface area contributed by atoms with Gasteiger partial charge in [0.2, 0.25) is 0 Å². The van der Waals surface area contributed by atoms with E-state index in [9.17, 15) is 0 Å². The van der Waals surface area contributed by atoms with Crippen LogP contribution >= 0.6 is 0 Å². The number of hydrogen-bond donors (Lipinski definition) is 0. The molecule has 0 aromatic rings. The van der Waals surface area contributed by atoms with Crippen molar-refractivity contribution >= 4 is 0 Å². The summed E-state index contributed by atoms with van der Waals surface area (Å²) in [6.45, 7) is 7.07. The summed E-state index contributed by atoms with van der Waals surface area (Å²) in [7, 11) is 0. The van der Waals surface area contributed by atoms with Crippen LogP contribution in [-0.2, 0) is 0 Å². The summed E-state index contributed by atoms with van der Waals surface area (Å²) in [5, 5.41) is 0. The summed E-state index contributed by atoms with van der Waals surface area (Å²) in [5.74, 6) is 2.91. The molecule has 0 heteroatoms. The van der Waals surface area contributed by atoms with Crippen LogP contribution in [-0.4, -0.2) is 0 Å². The van der Waals surface area contributed by atoms with Gasteiger partial charge in [-0.2, -0.15) is 0 Å². The molecule has 2 rings (SSSR count). The Bertz CT molecular complexity index is 200. The Hall–Kier alpha value is -0.260. The van der Waals surface area contributed by atoms with Gasteiger partial charge in [-0.3, -0.25) is 0 Å². The van der Waals surface area contributed by atoms with Crippen molar-refractivity contribution in [1.29, 1.82) is 0 Å². The van der Waals surface area contributed by atoms with Crippen LogP contribution in [0.15, 0.2) is 12.2 Å². The van der Waals surface area contributed by atoms with E-state index < -0.39 is 0 Å². The van der Waals surface area contributed by atoms with Gasteiger partial charge in [-0.15, -0.1) is 0 Å². The molecule has 2 aliphatic carbocycles. The summed E-state index contributed by atoms with van der Waals surface area (Å²) < 4.78 is 0. The highest BCUT2D eigenvalue weighted by Gasteiger charge is 2.51. The van der Waals surface area contributed by atoms with Gasteiger partial charge in [0.25, 0.3) is 0 Å². The lowest BCUT2D eigenvalue weighted by molar-refractivity contribution is 0.159. The Balaban J connectivity index is 2.23. The second-order valence-corrected chi connectivity index (χ2v) is 5.14. The first-order valence-electron chi connectivity index (χ1n) is 5.29. The molecule has 2 aliphatic rings. The van der Waals surface area contributed by atoms with E-state index in [0.717, 1.165) is 17.8 Å². The maximum absolute atomic E-state index is 2.46. The number of allylic oxidation sites excluding steroid dienone is 2. The van der Waals surface area contributed by atoms with Gasteiger partial charge < -0.3 is 0 Å². The monoisotopic (exact) mass is 164 g/mol. The van der Waals surface area contributed by atoms with Crippen molar-refractivity contribution in [3.05, 3.63) is 12.2 Å². The van der Waals surface area contributed by atoms with Crippen LogP contribution in [0.4, 0.5) is 0 Å². The first kappa shape index (κ1) is 8.34. The molecule has 0 aliphatic heterocycles. The minimum Gasteiger partial charge on any atom is -0.0914 e. The lowest BCUT2D eigenvalue weighted by Crippen LogP contribution is -2.29. The molecule has 0 aromatic heterocycles. The predicted octanol–water partition coefficient (Wildman–Crippen LogP) is 3.63. The molecule has 0 N–H and O–H groups in total. The molecule has 0 aromatic carbocycles. The Morgan fingerprint density at radius 2 is 2.00 bits per heavy atom. The molecule has 0 spiro atoms. The van der Waals surface area contributed by atoms with Crippen LogP contribution in [0.1, 0.15) is 40.0 Å². The van der Waals surface area contributed by atoms with Gasteiger partial charge in [-0.25, -0.2) is 0 Å². The Morgan fingerprint density at radius 1 is 1.25 bits per heavy atom. The first-order chi connectivity index (χ1) is 5.66. The summed E-state index contributed by atoms with van der Waals surface area (Å²) >= 11 is 0. The zero-order valence-electron chi connectivity index (χ0n) is 8.51. The van der Waals surface area contributed by atoms with Gasteiger partial charge in [0.1, 0.15) is 0 Å². The number of fused-ring (bicyclic) bond motifs is 2. The minimum atomic E-state index is 0.593. The lowest BCUT2D eigenvalue weighted by atomic mass is 9.69. The van der Waals surface area contributed by atoms with Crippen LogP contribution in [0.3, 0.4) is 0 Å². The SMILES string of the molecule is C/C=C/C1C2CCC(C2)C1(C)C. The van der Waals surface area contributed by atoms with E-state index in [2.05, 4.69) is 32.9 Å². The van der Waals surface area contributed by atoms with Crippen molar-refractivity contribution in [2.75, 3.05) is 0 Å². The van der Waals surface area contributed by atoms with Gasteiger partial charge in [0.15, 0.2) is 0 Å². The number of hydrogen-bond acceptors (Lipinski definition) is 0. The highest BCUT2D eigenvalue weighted by Crippen LogP contribution is 2.59. The lowest BCUT2D eigenvalue weighted by Gasteiger charge is -2.36. The van der Waals surface area contributed by atoms with Crippen LogP contribution in [0.25, 0.3) is 0 Å². The fourth-order valence-electron chi connectivity index (χ4n) is 3.51. The second kappa shape index (κ2) is 2.61. The summed E-state index contributed by atoms with van der Waals surface area (Å²) in [5.41, 5.74) is 0.593. The van der Waals surface area contributed by atoms with Crippen molar-refractivity contribution in [3.8, 4) is 0 Å². The summed E-state index contributed by atoms with van der Waals surface area (Å²) in [6.07, 6.45) is 9.17. The third-order valence-corrected chi connectivity index (χ3v) is 4.29. The summed E-state index contributed by atoms with van der Waals surface area (Å²) in [6, 6.07) is 0. The maximum Gasteiger partial charge on any atom is -0.0151 e.